The van der Waals surface area contributed by atoms with Gasteiger partial charge in [0.1, 0.15) is 5.69 Å². The van der Waals surface area contributed by atoms with Gasteiger partial charge >= 0.3 is 0 Å². The maximum absolute atomic E-state index is 11.9. The Bertz CT molecular complexity index is 602. The number of hydrogen-bond acceptors (Lipinski definition) is 3. The Morgan fingerprint density at radius 3 is 2.78 bits per heavy atom. The van der Waals surface area contributed by atoms with Crippen LogP contribution in [0, 0.1) is 6.92 Å². The number of halogens is 2. The summed E-state index contributed by atoms with van der Waals surface area (Å²) < 4.78 is 0. The molecule has 2 aromatic rings. The second kappa shape index (κ2) is 5.33. The number of amides is 1. The molecule has 0 fully saturated rings. The number of aromatic nitrogens is 2. The third-order valence-electron chi connectivity index (χ3n) is 2.18. The Morgan fingerprint density at radius 1 is 1.28 bits per heavy atom. The van der Waals surface area contributed by atoms with Gasteiger partial charge in [0.15, 0.2) is 5.15 Å². The summed E-state index contributed by atoms with van der Waals surface area (Å²) in [6, 6.07) is 4.81. The van der Waals surface area contributed by atoms with Crippen LogP contribution in [0.25, 0.3) is 0 Å². The lowest BCUT2D eigenvalue weighted by Gasteiger charge is -2.07. The van der Waals surface area contributed by atoms with Crippen LogP contribution in [0.15, 0.2) is 30.6 Å². The fraction of sp³-hybridized carbons (Fsp3) is 0.0833. The molecule has 2 rings (SSSR count). The topological polar surface area (TPSA) is 54.9 Å². The van der Waals surface area contributed by atoms with E-state index in [9.17, 15) is 4.79 Å². The zero-order chi connectivity index (χ0) is 13.1. The summed E-state index contributed by atoms with van der Waals surface area (Å²) in [5.41, 5.74) is 1.57. The van der Waals surface area contributed by atoms with Gasteiger partial charge in [0.25, 0.3) is 5.91 Å². The quantitative estimate of drug-likeness (QED) is 0.859. The SMILES string of the molecule is Cc1cnc(Cl)c(NC(=O)c2cc(Cl)ccn2)c1. The molecule has 18 heavy (non-hydrogen) atoms. The van der Waals surface area contributed by atoms with Gasteiger partial charge in [0.05, 0.1) is 5.69 Å². The van der Waals surface area contributed by atoms with Gasteiger partial charge in [-0.1, -0.05) is 23.2 Å². The van der Waals surface area contributed by atoms with Crippen molar-refractivity contribution in [2.24, 2.45) is 0 Å². The van der Waals surface area contributed by atoms with Crippen LogP contribution in [0.1, 0.15) is 16.1 Å². The first kappa shape index (κ1) is 12.8. The number of nitrogens with one attached hydrogen (secondary N) is 1. The third-order valence-corrected chi connectivity index (χ3v) is 2.71. The van der Waals surface area contributed by atoms with Crippen LogP contribution >= 0.6 is 23.2 Å². The maximum atomic E-state index is 11.9. The monoisotopic (exact) mass is 281 g/mol. The van der Waals surface area contributed by atoms with Crippen molar-refractivity contribution in [1.82, 2.24) is 9.97 Å². The number of carbonyl (C=O) groups excluding carboxylic acids is 1. The molecule has 0 bridgehead atoms. The highest BCUT2D eigenvalue weighted by Crippen LogP contribution is 2.20. The van der Waals surface area contributed by atoms with E-state index in [1.807, 2.05) is 6.92 Å². The number of pyridine rings is 2. The summed E-state index contributed by atoms with van der Waals surface area (Å²) in [6.07, 6.45) is 3.09. The molecule has 0 saturated heterocycles. The minimum absolute atomic E-state index is 0.222. The number of carbonyl (C=O) groups is 1. The molecule has 1 amide bonds. The first-order valence-corrected chi connectivity index (χ1v) is 5.87. The van der Waals surface area contributed by atoms with Crippen molar-refractivity contribution in [3.63, 3.8) is 0 Å². The van der Waals surface area contributed by atoms with Crippen LogP contribution in [0.5, 0.6) is 0 Å². The summed E-state index contributed by atoms with van der Waals surface area (Å²) in [7, 11) is 0. The lowest BCUT2D eigenvalue weighted by molar-refractivity contribution is 0.102. The van der Waals surface area contributed by atoms with Crippen LogP contribution in [0.4, 0.5) is 5.69 Å². The zero-order valence-corrected chi connectivity index (χ0v) is 11.0. The van der Waals surface area contributed by atoms with E-state index in [0.717, 1.165) is 5.56 Å². The molecule has 4 nitrogen and oxygen atoms in total. The fourth-order valence-corrected chi connectivity index (χ4v) is 1.67. The van der Waals surface area contributed by atoms with Gasteiger partial charge in [0, 0.05) is 17.4 Å². The molecule has 0 radical (unpaired) electrons. The summed E-state index contributed by atoms with van der Waals surface area (Å²) >= 11 is 11.7. The van der Waals surface area contributed by atoms with Crippen molar-refractivity contribution in [3.8, 4) is 0 Å². The third kappa shape index (κ3) is 2.97. The lowest BCUT2D eigenvalue weighted by atomic mass is 10.3. The van der Waals surface area contributed by atoms with E-state index >= 15 is 0 Å². The summed E-state index contributed by atoms with van der Waals surface area (Å²) in [5, 5.41) is 3.32. The van der Waals surface area contributed by atoms with E-state index in [1.54, 1.807) is 18.3 Å². The fourth-order valence-electron chi connectivity index (χ4n) is 1.36. The molecule has 0 saturated carbocycles. The van der Waals surface area contributed by atoms with Crippen molar-refractivity contribution < 1.29 is 4.79 Å². The Morgan fingerprint density at radius 2 is 2.06 bits per heavy atom. The van der Waals surface area contributed by atoms with Gasteiger partial charge in [-0.25, -0.2) is 4.98 Å². The van der Waals surface area contributed by atoms with Crippen LogP contribution in [0.2, 0.25) is 10.2 Å². The van der Waals surface area contributed by atoms with E-state index in [2.05, 4.69) is 15.3 Å². The molecule has 0 aromatic carbocycles. The molecule has 0 aliphatic rings. The average molecular weight is 282 g/mol. The number of anilines is 1. The molecule has 0 aliphatic carbocycles. The van der Waals surface area contributed by atoms with Crippen molar-refractivity contribution in [2.45, 2.75) is 6.92 Å². The van der Waals surface area contributed by atoms with Gasteiger partial charge in [0.2, 0.25) is 0 Å². The van der Waals surface area contributed by atoms with E-state index < -0.39 is 0 Å². The molecule has 0 aliphatic heterocycles. The number of nitrogens with zero attached hydrogens (tertiary/aromatic N) is 2. The predicted octanol–water partition coefficient (Wildman–Crippen LogP) is 3.34. The normalized spacial score (nSPS) is 10.2. The van der Waals surface area contributed by atoms with Crippen molar-refractivity contribution >= 4 is 34.8 Å². The molecule has 2 aromatic heterocycles. The summed E-state index contributed by atoms with van der Waals surface area (Å²) in [4.78, 5) is 19.8. The van der Waals surface area contributed by atoms with E-state index in [0.29, 0.717) is 10.7 Å². The van der Waals surface area contributed by atoms with Gasteiger partial charge in [-0.15, -0.1) is 0 Å². The standard InChI is InChI=1S/C12H9Cl2N3O/c1-7-4-9(11(14)16-6-7)17-12(18)10-5-8(13)2-3-15-10/h2-6H,1H3,(H,17,18). The van der Waals surface area contributed by atoms with Gasteiger partial charge < -0.3 is 5.32 Å². The van der Waals surface area contributed by atoms with Crippen molar-refractivity contribution in [1.29, 1.82) is 0 Å². The summed E-state index contributed by atoms with van der Waals surface area (Å²) in [6.45, 7) is 1.86. The Balaban J connectivity index is 2.24. The van der Waals surface area contributed by atoms with Crippen LogP contribution < -0.4 is 5.32 Å². The molecule has 1 N–H and O–H groups in total. The minimum atomic E-state index is -0.383. The van der Waals surface area contributed by atoms with E-state index in [-0.39, 0.29) is 16.8 Å². The van der Waals surface area contributed by atoms with E-state index in [1.165, 1.54) is 12.3 Å². The van der Waals surface area contributed by atoms with Crippen molar-refractivity contribution in [3.05, 3.63) is 52.0 Å². The molecule has 92 valence electrons. The largest absolute Gasteiger partial charge is 0.318 e. The minimum Gasteiger partial charge on any atom is -0.318 e. The van der Waals surface area contributed by atoms with Crippen LogP contribution in [-0.2, 0) is 0 Å². The zero-order valence-electron chi connectivity index (χ0n) is 9.45. The first-order valence-electron chi connectivity index (χ1n) is 5.11. The predicted molar refractivity (Wildman–Crippen MR) is 71.2 cm³/mol. The number of aryl methyl sites for hydroxylation is 1. The highest BCUT2D eigenvalue weighted by atomic mass is 35.5. The highest BCUT2D eigenvalue weighted by Gasteiger charge is 2.10. The van der Waals surface area contributed by atoms with Gasteiger partial charge in [-0.2, -0.15) is 0 Å². The average Bonchev–Trinajstić information content (AvgIpc) is 2.34. The van der Waals surface area contributed by atoms with E-state index in [4.69, 9.17) is 23.2 Å². The molecule has 0 spiro atoms. The molecular weight excluding hydrogens is 273 g/mol. The van der Waals surface area contributed by atoms with Crippen molar-refractivity contribution in [2.75, 3.05) is 5.32 Å². The molecule has 0 atom stereocenters. The maximum Gasteiger partial charge on any atom is 0.274 e. The Kier molecular flexibility index (Phi) is 3.79. The summed E-state index contributed by atoms with van der Waals surface area (Å²) in [5.74, 6) is -0.383. The number of rotatable bonds is 2. The molecule has 0 unspecified atom stereocenters. The number of hydrogen-bond donors (Lipinski definition) is 1. The molecule has 2 heterocycles. The highest BCUT2D eigenvalue weighted by molar-refractivity contribution is 6.33. The van der Waals surface area contributed by atoms with Crippen LogP contribution in [-0.4, -0.2) is 15.9 Å². The van der Waals surface area contributed by atoms with Crippen LogP contribution in [0.3, 0.4) is 0 Å². The lowest BCUT2D eigenvalue weighted by Crippen LogP contribution is -2.14. The Hall–Kier alpha value is -1.65. The van der Waals surface area contributed by atoms with Gasteiger partial charge in [-0.05, 0) is 30.7 Å². The smallest absolute Gasteiger partial charge is 0.274 e. The van der Waals surface area contributed by atoms with Gasteiger partial charge in [-0.3, -0.25) is 9.78 Å². The molecule has 6 heteroatoms. The second-order valence-electron chi connectivity index (χ2n) is 3.66. The first-order chi connectivity index (χ1) is 8.56. The molecular formula is C12H9Cl2N3O. The second-order valence-corrected chi connectivity index (χ2v) is 4.46. The Labute approximate surface area is 114 Å².